The molecule has 0 aromatic heterocycles. The van der Waals surface area contributed by atoms with Crippen LogP contribution in [0.4, 0.5) is 0 Å². The van der Waals surface area contributed by atoms with E-state index in [-0.39, 0.29) is 0 Å². The Hall–Kier alpha value is -1.02. The minimum Gasteiger partial charge on any atom is -0.298 e. The third kappa shape index (κ3) is 2.55. The van der Waals surface area contributed by atoms with Crippen LogP contribution in [0.15, 0.2) is 41.8 Å². The average molecular weight is 178 g/mol. The van der Waals surface area contributed by atoms with Crippen LogP contribution >= 0.6 is 11.8 Å². The molecule has 0 aliphatic carbocycles. The first kappa shape index (κ1) is 9.07. The van der Waals surface area contributed by atoms with Gasteiger partial charge in [-0.25, -0.2) is 0 Å². The molecular weight excluding hydrogens is 168 g/mol. The summed E-state index contributed by atoms with van der Waals surface area (Å²) in [5.41, 5.74) is 0.726. The van der Waals surface area contributed by atoms with Gasteiger partial charge in [0.15, 0.2) is 0 Å². The zero-order valence-electron chi connectivity index (χ0n) is 6.69. The molecule has 0 heterocycles. The fraction of sp³-hybridized carbons (Fsp3) is 0.100. The summed E-state index contributed by atoms with van der Waals surface area (Å²) in [5.74, 6) is 0.877. The van der Waals surface area contributed by atoms with Crippen LogP contribution in [-0.4, -0.2) is 12.0 Å². The van der Waals surface area contributed by atoms with Gasteiger partial charge in [0.05, 0.1) is 0 Å². The van der Waals surface area contributed by atoms with Crippen LogP contribution in [0.3, 0.4) is 0 Å². The first-order valence-corrected chi connectivity index (χ1v) is 4.64. The van der Waals surface area contributed by atoms with Gasteiger partial charge < -0.3 is 0 Å². The summed E-state index contributed by atoms with van der Waals surface area (Å²) in [6, 6.07) is 7.54. The molecule has 12 heavy (non-hydrogen) atoms. The van der Waals surface area contributed by atoms with Crippen LogP contribution in [0.2, 0.25) is 0 Å². The molecule has 0 unspecified atom stereocenters. The third-order valence-electron chi connectivity index (χ3n) is 1.36. The Bertz CT molecular complexity index is 281. The molecule has 0 saturated heterocycles. The number of carbonyl (C=O) groups excluding carboxylic acids is 1. The molecule has 0 atom stereocenters. The van der Waals surface area contributed by atoms with E-state index < -0.39 is 0 Å². The third-order valence-corrected chi connectivity index (χ3v) is 2.35. The summed E-state index contributed by atoms with van der Waals surface area (Å²) in [4.78, 5) is 11.5. The molecule has 0 bridgehead atoms. The molecule has 0 N–H and O–H groups in total. The highest BCUT2D eigenvalue weighted by molar-refractivity contribution is 7.99. The highest BCUT2D eigenvalue weighted by Gasteiger charge is 1.93. The number of rotatable bonds is 4. The van der Waals surface area contributed by atoms with Crippen molar-refractivity contribution in [2.45, 2.75) is 4.90 Å². The van der Waals surface area contributed by atoms with Crippen molar-refractivity contribution in [1.82, 2.24) is 0 Å². The summed E-state index contributed by atoms with van der Waals surface area (Å²) in [6.45, 7) is 3.63. The molecule has 0 saturated carbocycles. The van der Waals surface area contributed by atoms with Crippen LogP contribution in [0.1, 0.15) is 10.4 Å². The van der Waals surface area contributed by atoms with E-state index in [0.29, 0.717) is 0 Å². The van der Waals surface area contributed by atoms with Gasteiger partial charge in [-0.3, -0.25) is 4.79 Å². The smallest absolute Gasteiger partial charge is 0.150 e. The number of hydrogen-bond donors (Lipinski definition) is 0. The van der Waals surface area contributed by atoms with Crippen molar-refractivity contribution in [1.29, 1.82) is 0 Å². The van der Waals surface area contributed by atoms with Crippen LogP contribution in [0.25, 0.3) is 0 Å². The van der Waals surface area contributed by atoms with Gasteiger partial charge in [-0.2, -0.15) is 0 Å². The Kier molecular flexibility index (Phi) is 3.61. The summed E-state index contributed by atoms with van der Waals surface area (Å²) in [7, 11) is 0. The van der Waals surface area contributed by atoms with Crippen molar-refractivity contribution < 1.29 is 4.79 Å². The Morgan fingerprint density at radius 2 is 2.33 bits per heavy atom. The fourth-order valence-corrected chi connectivity index (χ4v) is 1.54. The maximum atomic E-state index is 10.4. The molecule has 0 fully saturated rings. The molecule has 0 radical (unpaired) electrons. The van der Waals surface area contributed by atoms with Crippen LogP contribution < -0.4 is 0 Å². The number of benzene rings is 1. The SMILES string of the molecule is C=CCSc1cccc(C=O)c1. The van der Waals surface area contributed by atoms with E-state index in [0.717, 1.165) is 22.5 Å². The number of aldehydes is 1. The van der Waals surface area contributed by atoms with Crippen molar-refractivity contribution in [3.05, 3.63) is 42.5 Å². The first-order chi connectivity index (χ1) is 5.86. The van der Waals surface area contributed by atoms with Crippen molar-refractivity contribution in [2.75, 3.05) is 5.75 Å². The van der Waals surface area contributed by atoms with Crippen molar-refractivity contribution in [3.8, 4) is 0 Å². The van der Waals surface area contributed by atoms with E-state index in [4.69, 9.17) is 0 Å². The molecule has 0 aliphatic heterocycles. The fourth-order valence-electron chi connectivity index (χ4n) is 0.833. The maximum absolute atomic E-state index is 10.4. The number of carbonyl (C=O) groups is 1. The summed E-state index contributed by atoms with van der Waals surface area (Å²) >= 11 is 1.67. The zero-order chi connectivity index (χ0) is 8.81. The van der Waals surface area contributed by atoms with Gasteiger partial charge in [-0.05, 0) is 12.1 Å². The Labute approximate surface area is 76.5 Å². The van der Waals surface area contributed by atoms with Crippen LogP contribution in [-0.2, 0) is 0 Å². The van der Waals surface area contributed by atoms with Crippen molar-refractivity contribution >= 4 is 18.0 Å². The quantitative estimate of drug-likeness (QED) is 0.400. The van der Waals surface area contributed by atoms with Gasteiger partial charge in [0, 0.05) is 16.2 Å². The largest absolute Gasteiger partial charge is 0.298 e. The zero-order valence-corrected chi connectivity index (χ0v) is 7.51. The van der Waals surface area contributed by atoms with Gasteiger partial charge in [0.25, 0.3) is 0 Å². The van der Waals surface area contributed by atoms with E-state index >= 15 is 0 Å². The Morgan fingerprint density at radius 1 is 1.50 bits per heavy atom. The highest BCUT2D eigenvalue weighted by atomic mass is 32.2. The maximum Gasteiger partial charge on any atom is 0.150 e. The van der Waals surface area contributed by atoms with Gasteiger partial charge in [0.1, 0.15) is 6.29 Å². The van der Waals surface area contributed by atoms with Crippen LogP contribution in [0.5, 0.6) is 0 Å². The standard InChI is InChI=1S/C10H10OS/c1-2-6-12-10-5-3-4-9(7-10)8-11/h2-5,7-8H,1,6H2. The van der Waals surface area contributed by atoms with Gasteiger partial charge >= 0.3 is 0 Å². The average Bonchev–Trinajstić information content (AvgIpc) is 2.15. The number of hydrogen-bond acceptors (Lipinski definition) is 2. The minimum atomic E-state index is 0.726. The van der Waals surface area contributed by atoms with E-state index in [1.54, 1.807) is 17.8 Å². The lowest BCUT2D eigenvalue weighted by Gasteiger charge is -1.97. The molecule has 1 aromatic carbocycles. The van der Waals surface area contributed by atoms with Crippen molar-refractivity contribution in [3.63, 3.8) is 0 Å². The summed E-state index contributed by atoms with van der Waals surface area (Å²) in [6.07, 6.45) is 2.70. The molecule has 0 aliphatic rings. The highest BCUT2D eigenvalue weighted by Crippen LogP contribution is 2.18. The van der Waals surface area contributed by atoms with Crippen molar-refractivity contribution in [2.24, 2.45) is 0 Å². The second kappa shape index (κ2) is 4.78. The summed E-state index contributed by atoms with van der Waals surface area (Å²) < 4.78 is 0. The Morgan fingerprint density at radius 3 is 3.00 bits per heavy atom. The predicted molar refractivity (Wildman–Crippen MR) is 52.8 cm³/mol. The molecule has 1 nitrogen and oxygen atoms in total. The second-order valence-electron chi connectivity index (χ2n) is 2.29. The van der Waals surface area contributed by atoms with E-state index in [2.05, 4.69) is 6.58 Å². The lowest BCUT2D eigenvalue weighted by molar-refractivity contribution is 0.112. The molecule has 62 valence electrons. The number of thioether (sulfide) groups is 1. The lowest BCUT2D eigenvalue weighted by Crippen LogP contribution is -1.79. The molecule has 2 heteroatoms. The lowest BCUT2D eigenvalue weighted by atomic mass is 10.2. The normalized spacial score (nSPS) is 9.33. The second-order valence-corrected chi connectivity index (χ2v) is 3.38. The molecule has 1 aromatic rings. The predicted octanol–water partition coefficient (Wildman–Crippen LogP) is 2.78. The molecular formula is C10H10OS. The topological polar surface area (TPSA) is 17.1 Å². The van der Waals surface area contributed by atoms with Gasteiger partial charge in [0.2, 0.25) is 0 Å². The van der Waals surface area contributed by atoms with Crippen LogP contribution in [0, 0.1) is 0 Å². The van der Waals surface area contributed by atoms with E-state index in [9.17, 15) is 4.79 Å². The molecule has 0 spiro atoms. The van der Waals surface area contributed by atoms with E-state index in [1.165, 1.54) is 0 Å². The molecule has 0 amide bonds. The Balaban J connectivity index is 2.72. The van der Waals surface area contributed by atoms with Gasteiger partial charge in [-0.15, -0.1) is 18.3 Å². The minimum absolute atomic E-state index is 0.726. The first-order valence-electron chi connectivity index (χ1n) is 3.66. The molecule has 1 rings (SSSR count). The van der Waals surface area contributed by atoms with Gasteiger partial charge in [-0.1, -0.05) is 18.2 Å². The van der Waals surface area contributed by atoms with E-state index in [1.807, 2.05) is 24.3 Å². The monoisotopic (exact) mass is 178 g/mol. The summed E-state index contributed by atoms with van der Waals surface area (Å²) in [5, 5.41) is 0.